The maximum absolute atomic E-state index is 11.9. The first-order chi connectivity index (χ1) is 8.18. The van der Waals surface area contributed by atoms with Gasteiger partial charge in [0.1, 0.15) is 0 Å². The minimum absolute atomic E-state index is 0.0341. The minimum Gasteiger partial charge on any atom is -0.480 e. The number of carbonyl (C=O) groups excluding carboxylic acids is 1. The molecule has 7 heteroatoms. The number of rotatable bonds is 2. The molecule has 1 fully saturated rings. The quantitative estimate of drug-likeness (QED) is 0.829. The molecule has 1 aromatic heterocycles. The number of aliphatic carboxylic acids is 1. The van der Waals surface area contributed by atoms with Gasteiger partial charge in [-0.1, -0.05) is 0 Å². The van der Waals surface area contributed by atoms with E-state index < -0.39 is 18.0 Å². The highest BCUT2D eigenvalue weighted by Gasteiger charge is 2.32. The third kappa shape index (κ3) is 2.75. The second kappa shape index (κ2) is 5.15. The van der Waals surface area contributed by atoms with Gasteiger partial charge in [0.2, 0.25) is 0 Å². The van der Waals surface area contributed by atoms with E-state index in [1.165, 1.54) is 16.2 Å². The summed E-state index contributed by atoms with van der Waals surface area (Å²) in [5.41, 5.74) is 0.677. The van der Waals surface area contributed by atoms with Crippen molar-refractivity contribution in [2.24, 2.45) is 0 Å². The van der Waals surface area contributed by atoms with Crippen molar-refractivity contribution in [2.75, 3.05) is 25.1 Å². The molecule has 0 bridgehead atoms. The van der Waals surface area contributed by atoms with E-state index in [9.17, 15) is 9.59 Å². The molecular formula is C10H12N2O4S. The number of carbonyl (C=O) groups is 2. The Kier molecular flexibility index (Phi) is 3.60. The molecule has 2 rings (SSSR count). The molecule has 1 saturated heterocycles. The van der Waals surface area contributed by atoms with Gasteiger partial charge in [-0.25, -0.2) is 9.59 Å². The van der Waals surface area contributed by atoms with Gasteiger partial charge in [-0.05, 0) is 11.4 Å². The fraction of sp³-hybridized carbons (Fsp3) is 0.400. The monoisotopic (exact) mass is 256 g/mol. The Labute approximate surface area is 102 Å². The standard InChI is InChI=1S/C10H12N2O4S/c13-9(14)8-5-16-3-2-12(8)10(15)11-7-1-4-17-6-7/h1,4,6,8H,2-3,5H2,(H,11,15)(H,13,14). The van der Waals surface area contributed by atoms with E-state index in [1.807, 2.05) is 5.38 Å². The number of morpholine rings is 1. The Balaban J connectivity index is 2.03. The number of ether oxygens (including phenoxy) is 1. The average molecular weight is 256 g/mol. The second-order valence-corrected chi connectivity index (χ2v) is 4.34. The highest BCUT2D eigenvalue weighted by atomic mass is 32.1. The number of nitrogens with zero attached hydrogens (tertiary/aromatic N) is 1. The predicted molar refractivity (Wildman–Crippen MR) is 62.3 cm³/mol. The maximum Gasteiger partial charge on any atom is 0.328 e. The fourth-order valence-corrected chi connectivity index (χ4v) is 2.17. The smallest absolute Gasteiger partial charge is 0.328 e. The number of carboxylic acids is 1. The first kappa shape index (κ1) is 11.9. The predicted octanol–water partition coefficient (Wildman–Crippen LogP) is 1.07. The lowest BCUT2D eigenvalue weighted by atomic mass is 10.2. The molecule has 2 heterocycles. The van der Waals surface area contributed by atoms with Crippen molar-refractivity contribution in [3.05, 3.63) is 16.8 Å². The van der Waals surface area contributed by atoms with Crippen LogP contribution in [-0.4, -0.2) is 47.8 Å². The highest BCUT2D eigenvalue weighted by Crippen LogP contribution is 2.14. The summed E-state index contributed by atoms with van der Waals surface area (Å²) >= 11 is 1.46. The summed E-state index contributed by atoms with van der Waals surface area (Å²) in [7, 11) is 0. The van der Waals surface area contributed by atoms with Crippen LogP contribution in [0.4, 0.5) is 10.5 Å². The lowest BCUT2D eigenvalue weighted by Crippen LogP contribution is -2.53. The minimum atomic E-state index is -1.05. The third-order valence-electron chi connectivity index (χ3n) is 2.45. The molecule has 17 heavy (non-hydrogen) atoms. The summed E-state index contributed by atoms with van der Waals surface area (Å²) in [6.45, 7) is 0.681. The van der Waals surface area contributed by atoms with Crippen LogP contribution in [0.1, 0.15) is 0 Å². The number of amides is 2. The zero-order valence-corrected chi connectivity index (χ0v) is 9.77. The van der Waals surface area contributed by atoms with Crippen molar-refractivity contribution in [3.8, 4) is 0 Å². The van der Waals surface area contributed by atoms with Crippen molar-refractivity contribution >= 4 is 29.0 Å². The highest BCUT2D eigenvalue weighted by molar-refractivity contribution is 7.08. The van der Waals surface area contributed by atoms with Crippen LogP contribution in [0.25, 0.3) is 0 Å². The van der Waals surface area contributed by atoms with E-state index in [1.54, 1.807) is 11.4 Å². The van der Waals surface area contributed by atoms with Gasteiger partial charge >= 0.3 is 12.0 Å². The molecule has 2 amide bonds. The zero-order valence-electron chi connectivity index (χ0n) is 8.96. The number of thiophene rings is 1. The Morgan fingerprint density at radius 3 is 3.06 bits per heavy atom. The Morgan fingerprint density at radius 2 is 2.41 bits per heavy atom. The fourth-order valence-electron chi connectivity index (χ4n) is 1.58. The number of hydrogen-bond acceptors (Lipinski definition) is 4. The summed E-state index contributed by atoms with van der Waals surface area (Å²) in [6.07, 6.45) is 0. The van der Waals surface area contributed by atoms with Gasteiger partial charge in [0.15, 0.2) is 6.04 Å². The van der Waals surface area contributed by atoms with E-state index in [-0.39, 0.29) is 13.2 Å². The van der Waals surface area contributed by atoms with Gasteiger partial charge in [0, 0.05) is 11.9 Å². The van der Waals surface area contributed by atoms with Crippen LogP contribution in [0.15, 0.2) is 16.8 Å². The van der Waals surface area contributed by atoms with Crippen molar-refractivity contribution < 1.29 is 19.4 Å². The zero-order chi connectivity index (χ0) is 12.3. The molecule has 1 aromatic rings. The number of anilines is 1. The molecule has 0 aliphatic carbocycles. The van der Waals surface area contributed by atoms with Crippen LogP contribution in [0.3, 0.4) is 0 Å². The molecular weight excluding hydrogens is 244 g/mol. The number of urea groups is 1. The molecule has 0 aromatic carbocycles. The van der Waals surface area contributed by atoms with Crippen molar-refractivity contribution in [1.82, 2.24) is 4.90 Å². The van der Waals surface area contributed by atoms with Crippen LogP contribution < -0.4 is 5.32 Å². The molecule has 0 saturated carbocycles. The van der Waals surface area contributed by atoms with E-state index >= 15 is 0 Å². The van der Waals surface area contributed by atoms with Crippen molar-refractivity contribution in [3.63, 3.8) is 0 Å². The average Bonchev–Trinajstić information content (AvgIpc) is 2.81. The van der Waals surface area contributed by atoms with E-state index in [0.717, 1.165) is 0 Å². The topological polar surface area (TPSA) is 78.9 Å². The van der Waals surface area contributed by atoms with Gasteiger partial charge in [0.25, 0.3) is 0 Å². The van der Waals surface area contributed by atoms with E-state index in [0.29, 0.717) is 12.3 Å². The molecule has 0 spiro atoms. The molecule has 92 valence electrons. The Bertz CT molecular complexity index is 406. The molecule has 1 aliphatic heterocycles. The first-order valence-corrected chi connectivity index (χ1v) is 6.03. The summed E-state index contributed by atoms with van der Waals surface area (Å²) in [5, 5.41) is 15.3. The number of carboxylic acid groups (broad SMARTS) is 1. The van der Waals surface area contributed by atoms with Crippen molar-refractivity contribution in [1.29, 1.82) is 0 Å². The summed E-state index contributed by atoms with van der Waals surface area (Å²) in [4.78, 5) is 24.1. The summed E-state index contributed by atoms with van der Waals surface area (Å²) < 4.78 is 5.06. The summed E-state index contributed by atoms with van der Waals surface area (Å²) in [6, 6.07) is 0.445. The molecule has 6 nitrogen and oxygen atoms in total. The van der Waals surface area contributed by atoms with Crippen LogP contribution in [-0.2, 0) is 9.53 Å². The van der Waals surface area contributed by atoms with E-state index in [2.05, 4.69) is 5.32 Å². The van der Waals surface area contributed by atoms with Gasteiger partial charge < -0.3 is 20.1 Å². The van der Waals surface area contributed by atoms with Gasteiger partial charge in [0.05, 0.1) is 18.9 Å². The normalized spacial score (nSPS) is 20.0. The molecule has 1 unspecified atom stereocenters. The molecule has 1 aliphatic rings. The van der Waals surface area contributed by atoms with Crippen LogP contribution in [0.5, 0.6) is 0 Å². The van der Waals surface area contributed by atoms with Gasteiger partial charge in [-0.3, -0.25) is 0 Å². The van der Waals surface area contributed by atoms with Crippen LogP contribution >= 0.6 is 11.3 Å². The third-order valence-corrected chi connectivity index (χ3v) is 3.13. The second-order valence-electron chi connectivity index (χ2n) is 3.56. The van der Waals surface area contributed by atoms with Crippen LogP contribution in [0, 0.1) is 0 Å². The lowest BCUT2D eigenvalue weighted by molar-refractivity contribution is -0.147. The van der Waals surface area contributed by atoms with Gasteiger partial charge in [-0.15, -0.1) is 0 Å². The van der Waals surface area contributed by atoms with Crippen LogP contribution in [0.2, 0.25) is 0 Å². The van der Waals surface area contributed by atoms with Gasteiger partial charge in [-0.2, -0.15) is 11.3 Å². The van der Waals surface area contributed by atoms with Crippen molar-refractivity contribution in [2.45, 2.75) is 6.04 Å². The lowest BCUT2D eigenvalue weighted by Gasteiger charge is -2.32. The number of nitrogens with one attached hydrogen (secondary N) is 1. The SMILES string of the molecule is O=C(O)C1COCCN1C(=O)Nc1ccsc1. The Morgan fingerprint density at radius 1 is 1.59 bits per heavy atom. The largest absolute Gasteiger partial charge is 0.480 e. The maximum atomic E-state index is 11.9. The Hall–Kier alpha value is -1.60. The van der Waals surface area contributed by atoms with E-state index in [4.69, 9.17) is 9.84 Å². The molecule has 2 N–H and O–H groups in total. The molecule has 0 radical (unpaired) electrons. The molecule has 1 atom stereocenters. The summed E-state index contributed by atoms with van der Waals surface area (Å²) in [5.74, 6) is -1.05. The first-order valence-electron chi connectivity index (χ1n) is 5.09. The number of hydrogen-bond donors (Lipinski definition) is 2.